The van der Waals surface area contributed by atoms with Crippen molar-refractivity contribution in [1.82, 2.24) is 23.9 Å². The molecule has 4 aromatic heterocycles. The third-order valence-corrected chi connectivity index (χ3v) is 10.2. The van der Waals surface area contributed by atoms with Gasteiger partial charge < -0.3 is 9.47 Å². The van der Waals surface area contributed by atoms with Gasteiger partial charge in [-0.1, -0.05) is 31.2 Å². The molecule has 0 atom stereocenters. The summed E-state index contributed by atoms with van der Waals surface area (Å²) in [5.41, 5.74) is 1.13. The fourth-order valence-corrected chi connectivity index (χ4v) is 7.02. The summed E-state index contributed by atoms with van der Waals surface area (Å²) in [7, 11) is 0.0754. The largest absolute Gasteiger partial charge is 0.494 e. The number of halogens is 2. The molecule has 0 aliphatic heterocycles. The Morgan fingerprint density at radius 3 is 2.63 bits per heavy atom. The Labute approximate surface area is 256 Å². The average molecular weight is 641 g/mol. The van der Waals surface area contributed by atoms with Gasteiger partial charge in [0.1, 0.15) is 11.4 Å². The highest BCUT2D eigenvalue weighted by Crippen LogP contribution is 2.39. The lowest BCUT2D eigenvalue weighted by Gasteiger charge is -2.15. The Morgan fingerprint density at radius 1 is 1.16 bits per heavy atom. The van der Waals surface area contributed by atoms with Gasteiger partial charge in [-0.2, -0.15) is 10.4 Å². The molecule has 0 amide bonds. The summed E-state index contributed by atoms with van der Waals surface area (Å²) in [6.07, 6.45) is 3.14. The van der Waals surface area contributed by atoms with E-state index in [1.807, 2.05) is 0 Å². The molecule has 14 heteroatoms. The monoisotopic (exact) mass is 640 g/mol. The summed E-state index contributed by atoms with van der Waals surface area (Å²) in [6, 6.07) is 7.32. The number of nitrogens with zero attached hydrogens (tertiary/aromatic N) is 6. The van der Waals surface area contributed by atoms with Crippen LogP contribution in [0.4, 0.5) is 4.39 Å². The Balaban J connectivity index is 1.69. The summed E-state index contributed by atoms with van der Waals surface area (Å²) in [4.78, 5) is 32.9. The van der Waals surface area contributed by atoms with Crippen molar-refractivity contribution in [1.29, 1.82) is 5.26 Å². The van der Waals surface area contributed by atoms with Crippen LogP contribution in [-0.4, -0.2) is 45.7 Å². The molecule has 1 aromatic carbocycles. The van der Waals surface area contributed by atoms with Gasteiger partial charge in [0.25, 0.3) is 5.56 Å². The average Bonchev–Trinajstić information content (AvgIpc) is 3.53. The first kappa shape index (κ1) is 30.6. The second-order valence-electron chi connectivity index (χ2n) is 11.3. The molecule has 4 heterocycles. The van der Waals surface area contributed by atoms with Crippen LogP contribution >= 0.6 is 22.9 Å². The summed E-state index contributed by atoms with van der Waals surface area (Å²) in [5.74, 6) is -0.630. The minimum Gasteiger partial charge on any atom is -0.494 e. The maximum absolute atomic E-state index is 14.3. The summed E-state index contributed by atoms with van der Waals surface area (Å²) in [5, 5.41) is 14.7. The first-order valence-electron chi connectivity index (χ1n) is 13.5. The Kier molecular flexibility index (Phi) is 8.58. The number of aryl methyl sites for hydroxylation is 2. The molecule has 0 aliphatic carbocycles. The maximum Gasteiger partial charge on any atom is 0.336 e. The highest BCUT2D eigenvalue weighted by atomic mass is 35.5. The van der Waals surface area contributed by atoms with E-state index in [4.69, 9.17) is 21.1 Å². The molecule has 224 valence electrons. The van der Waals surface area contributed by atoms with Crippen molar-refractivity contribution in [3.05, 3.63) is 68.0 Å². The lowest BCUT2D eigenvalue weighted by Crippen LogP contribution is -2.38. The molecule has 0 N–H and O–H groups in total. The molecule has 0 unspecified atom stereocenters. The van der Waals surface area contributed by atoms with Crippen molar-refractivity contribution in [3.63, 3.8) is 0 Å². The van der Waals surface area contributed by atoms with Gasteiger partial charge in [-0.15, -0.1) is 11.3 Å². The van der Waals surface area contributed by atoms with Gasteiger partial charge in [-0.05, 0) is 31.2 Å². The van der Waals surface area contributed by atoms with Crippen molar-refractivity contribution in [2.24, 2.45) is 0 Å². The van der Waals surface area contributed by atoms with E-state index < -0.39 is 25.1 Å². The molecule has 0 spiro atoms. The van der Waals surface area contributed by atoms with E-state index in [9.17, 15) is 19.2 Å². The van der Waals surface area contributed by atoms with Crippen molar-refractivity contribution < 1.29 is 13.9 Å². The molecule has 0 radical (unpaired) electrons. The van der Waals surface area contributed by atoms with E-state index in [2.05, 4.69) is 35.8 Å². The highest BCUT2D eigenvalue weighted by Gasteiger charge is 2.23. The van der Waals surface area contributed by atoms with Crippen molar-refractivity contribution in [3.8, 4) is 27.9 Å². The molecule has 10 nitrogen and oxygen atoms in total. The maximum atomic E-state index is 14.3. The number of thiophene rings is 1. The Hall–Kier alpha value is -3.83. The van der Waals surface area contributed by atoms with Crippen molar-refractivity contribution >= 4 is 52.1 Å². The number of fused-ring (bicyclic) bond motifs is 2. The van der Waals surface area contributed by atoms with Crippen LogP contribution in [0.2, 0.25) is 30.7 Å². The zero-order valence-corrected chi connectivity index (χ0v) is 27.0. The minimum absolute atomic E-state index is 0.00848. The van der Waals surface area contributed by atoms with E-state index in [0.717, 1.165) is 28.0 Å². The lowest BCUT2D eigenvalue weighted by atomic mass is 10.1. The van der Waals surface area contributed by atoms with Crippen LogP contribution in [0.15, 0.2) is 40.2 Å². The number of pyridine rings is 1. The summed E-state index contributed by atoms with van der Waals surface area (Å²) >= 11 is 7.50. The molecule has 0 bridgehead atoms. The number of ether oxygens (including phenoxy) is 2. The molecule has 0 saturated heterocycles. The summed E-state index contributed by atoms with van der Waals surface area (Å²) < 4.78 is 29.7. The van der Waals surface area contributed by atoms with E-state index >= 15 is 0 Å². The smallest absolute Gasteiger partial charge is 0.336 e. The van der Waals surface area contributed by atoms with Gasteiger partial charge in [0.05, 0.1) is 64.8 Å². The Morgan fingerprint density at radius 2 is 1.93 bits per heavy atom. The van der Waals surface area contributed by atoms with Crippen LogP contribution in [-0.2, 0) is 18.0 Å². The van der Waals surface area contributed by atoms with Gasteiger partial charge in [0.15, 0.2) is 11.6 Å². The highest BCUT2D eigenvalue weighted by molar-refractivity contribution is 7.22. The molecular weight excluding hydrogens is 611 g/mol. The molecule has 5 aromatic rings. The fourth-order valence-electron chi connectivity index (χ4n) is 4.83. The number of hydrogen-bond donors (Lipinski definition) is 0. The Bertz CT molecular complexity index is 2020. The van der Waals surface area contributed by atoms with Crippen LogP contribution in [0.3, 0.4) is 0 Å². The minimum atomic E-state index is -1.27. The number of aromatic nitrogens is 5. The molecule has 0 aliphatic rings. The van der Waals surface area contributed by atoms with Gasteiger partial charge in [0.2, 0.25) is 0 Å². The predicted molar refractivity (Wildman–Crippen MR) is 169 cm³/mol. The molecular formula is C29H30ClFN6O4SSi. The molecule has 0 saturated carbocycles. The zero-order chi connectivity index (χ0) is 31.1. The van der Waals surface area contributed by atoms with E-state index in [0.29, 0.717) is 39.2 Å². The molecule has 5 rings (SSSR count). The number of rotatable bonds is 10. The van der Waals surface area contributed by atoms with Gasteiger partial charge >= 0.3 is 5.69 Å². The standard InChI is InChI=1S/C29H30ClFN6O4SSi/c1-17-26-22(36(34-17)16-41-9-10-43(3,4)5)14-33-15-23(26)37-28(38)27-21(35(29(37)39)8-6-7-32)13-25(42-27)18-11-24(40-2)20(31)12-19(18)30/h11-15H,6,8-10,16H2,1-5H3. The SMILES string of the molecule is COc1cc(-c2cc3c(s2)c(=O)n(-c2cncc4c2c(C)nn4COCC[Si](C)(C)C)c(=O)n3CCC#N)c(Cl)cc1F. The van der Waals surface area contributed by atoms with Crippen LogP contribution in [0.5, 0.6) is 5.75 Å². The molecule has 43 heavy (non-hydrogen) atoms. The normalized spacial score (nSPS) is 11.9. The van der Waals surface area contributed by atoms with E-state index in [1.165, 1.54) is 23.9 Å². The van der Waals surface area contributed by atoms with Crippen molar-refractivity contribution in [2.75, 3.05) is 13.7 Å². The molecule has 0 fully saturated rings. The van der Waals surface area contributed by atoms with Crippen LogP contribution in [0.25, 0.3) is 37.2 Å². The van der Waals surface area contributed by atoms with Crippen LogP contribution in [0.1, 0.15) is 12.1 Å². The topological polar surface area (TPSA) is 117 Å². The van der Waals surface area contributed by atoms with Gasteiger partial charge in [0, 0.05) is 31.7 Å². The quantitative estimate of drug-likeness (QED) is 0.137. The van der Waals surface area contributed by atoms with Crippen molar-refractivity contribution in [2.45, 2.75) is 52.3 Å². The van der Waals surface area contributed by atoms with E-state index in [-0.39, 0.29) is 40.9 Å². The summed E-state index contributed by atoms with van der Waals surface area (Å²) in [6.45, 7) is 9.49. The number of hydrogen-bond acceptors (Lipinski definition) is 8. The fraction of sp³-hybridized carbons (Fsp3) is 0.345. The second-order valence-corrected chi connectivity index (χ2v) is 18.3. The van der Waals surface area contributed by atoms with E-state index in [1.54, 1.807) is 23.9 Å². The number of nitriles is 1. The first-order chi connectivity index (χ1) is 20.4. The van der Waals surface area contributed by atoms with Crippen LogP contribution in [0, 0.1) is 24.1 Å². The third kappa shape index (κ3) is 5.88. The zero-order valence-electron chi connectivity index (χ0n) is 24.4. The second kappa shape index (κ2) is 12.0. The third-order valence-electron chi connectivity index (χ3n) is 7.04. The van der Waals surface area contributed by atoms with Gasteiger partial charge in [-0.25, -0.2) is 18.4 Å². The van der Waals surface area contributed by atoms with Crippen LogP contribution < -0.4 is 16.0 Å². The first-order valence-corrected chi connectivity index (χ1v) is 18.4. The lowest BCUT2D eigenvalue weighted by molar-refractivity contribution is 0.0814. The number of benzene rings is 1. The predicted octanol–water partition coefficient (Wildman–Crippen LogP) is 5.96. The number of methoxy groups -OCH3 is 1. The van der Waals surface area contributed by atoms with Gasteiger partial charge in [-0.3, -0.25) is 14.3 Å².